The highest BCUT2D eigenvalue weighted by Crippen LogP contribution is 2.39. The lowest BCUT2D eigenvalue weighted by molar-refractivity contribution is -0.297. The first-order valence-electron chi connectivity index (χ1n) is 18.6. The molecular formula is C39H62N2O9. The van der Waals surface area contributed by atoms with Crippen molar-refractivity contribution in [3.63, 3.8) is 0 Å². The molecule has 2 N–H and O–H groups in total. The molecule has 5 unspecified atom stereocenters. The van der Waals surface area contributed by atoms with Crippen LogP contribution in [-0.2, 0) is 33.3 Å². The van der Waals surface area contributed by atoms with Gasteiger partial charge >= 0.3 is 11.9 Å². The summed E-state index contributed by atoms with van der Waals surface area (Å²) < 4.78 is 32.4. The first-order chi connectivity index (χ1) is 23.5. The molecule has 0 aliphatic carbocycles. The lowest BCUT2D eigenvalue weighted by Crippen LogP contribution is -2.60. The number of nitrogens with one attached hydrogen (secondary N) is 1. The van der Waals surface area contributed by atoms with Gasteiger partial charge in [-0.3, -0.25) is 9.59 Å². The molecule has 11 nitrogen and oxygen atoms in total. The molecule has 282 valence electrons. The second kappa shape index (κ2) is 16.9. The zero-order valence-electron chi connectivity index (χ0n) is 31.8. The molecule has 0 spiro atoms. The molecule has 1 aromatic carbocycles. The van der Waals surface area contributed by atoms with Crippen molar-refractivity contribution in [2.45, 2.75) is 141 Å². The third-order valence-corrected chi connectivity index (χ3v) is 11.3. The lowest BCUT2D eigenvalue weighted by atomic mass is 9.76. The number of Topliss-reactive ketones (excluding diaryl/α,β-unsaturated/α-hetero) is 1. The summed E-state index contributed by atoms with van der Waals surface area (Å²) in [5.74, 6) is -3.68. The Kier molecular flexibility index (Phi) is 13.7. The highest BCUT2D eigenvalue weighted by molar-refractivity contribution is 6.00. The Morgan fingerprint density at radius 2 is 1.76 bits per heavy atom. The number of likely N-dealkylation sites (N-methyl/N-ethyl adjacent to an activating group) is 1. The molecule has 2 bridgehead atoms. The number of aliphatic hydroxyl groups is 1. The van der Waals surface area contributed by atoms with Crippen LogP contribution in [-0.4, -0.2) is 109 Å². The quantitative estimate of drug-likeness (QED) is 0.314. The minimum Gasteiger partial charge on any atom is -0.459 e. The Balaban J connectivity index is 1.79. The summed E-state index contributed by atoms with van der Waals surface area (Å²) in [6.07, 6.45) is -1.02. The first kappa shape index (κ1) is 40.4. The monoisotopic (exact) mass is 702 g/mol. The van der Waals surface area contributed by atoms with Crippen molar-refractivity contribution in [2.24, 2.45) is 23.7 Å². The fourth-order valence-corrected chi connectivity index (χ4v) is 8.43. The summed E-state index contributed by atoms with van der Waals surface area (Å²) in [5, 5.41) is 15.6. The normalized spacial score (nSPS) is 41.0. The molecule has 11 heteroatoms. The van der Waals surface area contributed by atoms with Crippen LogP contribution in [0.1, 0.15) is 97.9 Å². The number of ketones is 1. The van der Waals surface area contributed by atoms with Crippen molar-refractivity contribution in [3.8, 4) is 0 Å². The average Bonchev–Trinajstić information content (AvgIpc) is 3.09. The van der Waals surface area contributed by atoms with Gasteiger partial charge in [-0.15, -0.1) is 0 Å². The molecule has 3 saturated heterocycles. The molecule has 3 aliphatic heterocycles. The van der Waals surface area contributed by atoms with Gasteiger partial charge in [0.1, 0.15) is 17.6 Å². The maximum atomic E-state index is 14.3. The number of rotatable bonds is 6. The van der Waals surface area contributed by atoms with Crippen LogP contribution < -0.4 is 5.32 Å². The smallest absolute Gasteiger partial charge is 0.338 e. The van der Waals surface area contributed by atoms with Crippen LogP contribution in [0.2, 0.25) is 0 Å². The maximum absolute atomic E-state index is 14.3. The number of carbonyl (C=O) groups excluding carboxylic acids is 3. The van der Waals surface area contributed by atoms with Gasteiger partial charge in [0.05, 0.1) is 29.4 Å². The maximum Gasteiger partial charge on any atom is 0.338 e. The SMILES string of the molecule is CC[C@H]1OC(=O)[C@H](C)C(=O)[C@@H](C)[C@@H](OC2OC(C)CC(N(C)C)C2OC(=O)c2ccccc2)[C@]2(C)C[C@@H](C)CN[C@H](C)[C@@H](CCCO2)C1(C)O. The number of cyclic esters (lactones) is 1. The van der Waals surface area contributed by atoms with E-state index < -0.39 is 59.6 Å². The van der Waals surface area contributed by atoms with Gasteiger partial charge in [-0.25, -0.2) is 4.79 Å². The number of carbonyl (C=O) groups is 3. The third kappa shape index (κ3) is 9.14. The molecule has 3 aliphatic rings. The van der Waals surface area contributed by atoms with E-state index in [0.717, 1.165) is 0 Å². The van der Waals surface area contributed by atoms with Crippen molar-refractivity contribution >= 4 is 17.7 Å². The van der Waals surface area contributed by atoms with E-state index in [2.05, 4.69) is 19.2 Å². The Hall–Kier alpha value is -2.41. The summed E-state index contributed by atoms with van der Waals surface area (Å²) >= 11 is 0. The summed E-state index contributed by atoms with van der Waals surface area (Å²) in [6, 6.07) is 8.48. The lowest BCUT2D eigenvalue weighted by Gasteiger charge is -2.48. The summed E-state index contributed by atoms with van der Waals surface area (Å²) in [6.45, 7) is 16.0. The number of nitrogens with zero attached hydrogens (tertiary/aromatic N) is 1. The standard InChI is InChI=1S/C39H62N2O9/c1-11-31-39(8,45)29-18-15-19-46-38(7,21-23(2)22-40-27(29)6)34(25(4)32(42)26(5)35(43)48-31)50-37-33(30(41(9)10)20-24(3)47-37)49-36(44)28-16-13-12-14-17-28/h12-14,16-17,23-27,29-31,33-34,37,40,45H,11,15,18-22H2,1-10H3/t23-,24?,25-,26-,27-,29-,30?,31-,33?,34-,37?,38+,39?/m1/s1. The zero-order valence-corrected chi connectivity index (χ0v) is 31.8. The fourth-order valence-electron chi connectivity index (χ4n) is 8.43. The predicted molar refractivity (Wildman–Crippen MR) is 189 cm³/mol. The molecule has 1 aromatic rings. The minimum absolute atomic E-state index is 0.0781. The highest BCUT2D eigenvalue weighted by atomic mass is 16.7. The van der Waals surface area contributed by atoms with Gasteiger partial charge < -0.3 is 39.0 Å². The molecule has 0 radical (unpaired) electrons. The predicted octanol–water partition coefficient (Wildman–Crippen LogP) is 4.78. The Bertz CT molecular complexity index is 1290. The summed E-state index contributed by atoms with van der Waals surface area (Å²) in [7, 11) is 3.87. The van der Waals surface area contributed by atoms with Gasteiger partial charge in [0.25, 0.3) is 0 Å². The van der Waals surface area contributed by atoms with Crippen LogP contribution in [0.3, 0.4) is 0 Å². The molecule has 13 atom stereocenters. The molecule has 3 fully saturated rings. The number of benzene rings is 1. The summed E-state index contributed by atoms with van der Waals surface area (Å²) in [4.78, 5) is 43.5. The average molecular weight is 703 g/mol. The van der Waals surface area contributed by atoms with Crippen molar-refractivity contribution < 1.29 is 43.2 Å². The van der Waals surface area contributed by atoms with Crippen LogP contribution in [0.5, 0.6) is 0 Å². The number of hydrogen-bond acceptors (Lipinski definition) is 11. The minimum atomic E-state index is -1.34. The second-order valence-corrected chi connectivity index (χ2v) is 15.8. The molecule has 50 heavy (non-hydrogen) atoms. The molecule has 3 heterocycles. The fraction of sp³-hybridized carbons (Fsp3) is 0.769. The van der Waals surface area contributed by atoms with E-state index in [-0.39, 0.29) is 35.8 Å². The Morgan fingerprint density at radius 1 is 1.08 bits per heavy atom. The number of ether oxygens (including phenoxy) is 5. The highest BCUT2D eigenvalue weighted by Gasteiger charge is 2.52. The number of fused-ring (bicyclic) bond motifs is 5. The van der Waals surface area contributed by atoms with E-state index in [0.29, 0.717) is 50.8 Å². The van der Waals surface area contributed by atoms with Gasteiger partial charge in [0.15, 0.2) is 18.2 Å². The number of hydrogen-bond donors (Lipinski definition) is 2. The largest absolute Gasteiger partial charge is 0.459 e. The molecule has 0 amide bonds. The van der Waals surface area contributed by atoms with E-state index in [1.54, 1.807) is 45.0 Å². The van der Waals surface area contributed by atoms with Crippen LogP contribution in [0.4, 0.5) is 0 Å². The number of esters is 2. The topological polar surface area (TPSA) is 133 Å². The van der Waals surface area contributed by atoms with Crippen molar-refractivity contribution in [1.29, 1.82) is 0 Å². The van der Waals surface area contributed by atoms with E-state index in [1.165, 1.54) is 0 Å². The third-order valence-electron chi connectivity index (χ3n) is 11.3. The van der Waals surface area contributed by atoms with E-state index in [9.17, 15) is 19.5 Å². The van der Waals surface area contributed by atoms with Gasteiger partial charge in [0.2, 0.25) is 0 Å². The Labute approximate surface area is 299 Å². The van der Waals surface area contributed by atoms with Crippen molar-refractivity contribution in [2.75, 3.05) is 27.2 Å². The van der Waals surface area contributed by atoms with Crippen LogP contribution in [0.25, 0.3) is 0 Å². The molecule has 0 aromatic heterocycles. The van der Waals surface area contributed by atoms with Gasteiger partial charge in [-0.2, -0.15) is 0 Å². The second-order valence-electron chi connectivity index (χ2n) is 15.8. The first-order valence-corrected chi connectivity index (χ1v) is 18.6. The van der Waals surface area contributed by atoms with Crippen molar-refractivity contribution in [3.05, 3.63) is 35.9 Å². The van der Waals surface area contributed by atoms with Crippen molar-refractivity contribution in [1.82, 2.24) is 10.2 Å². The van der Waals surface area contributed by atoms with Gasteiger partial charge in [0, 0.05) is 24.5 Å². The molecular weight excluding hydrogens is 640 g/mol. The summed E-state index contributed by atoms with van der Waals surface area (Å²) in [5.41, 5.74) is -1.94. The molecule has 4 rings (SSSR count). The van der Waals surface area contributed by atoms with Crippen LogP contribution in [0.15, 0.2) is 30.3 Å². The molecule has 0 saturated carbocycles. The van der Waals surface area contributed by atoms with E-state index in [1.807, 2.05) is 45.8 Å². The van der Waals surface area contributed by atoms with E-state index >= 15 is 0 Å². The van der Waals surface area contributed by atoms with Gasteiger partial charge in [-0.05, 0) is 105 Å². The Morgan fingerprint density at radius 3 is 2.40 bits per heavy atom. The van der Waals surface area contributed by atoms with Crippen LogP contribution >= 0.6 is 0 Å². The van der Waals surface area contributed by atoms with E-state index in [4.69, 9.17) is 23.7 Å². The van der Waals surface area contributed by atoms with Gasteiger partial charge in [-0.1, -0.05) is 39.0 Å². The van der Waals surface area contributed by atoms with Crippen LogP contribution in [0, 0.1) is 23.7 Å². The zero-order chi connectivity index (χ0) is 37.0.